The van der Waals surface area contributed by atoms with Gasteiger partial charge >= 0.3 is 0 Å². The molecule has 1 aliphatic rings. The molecule has 1 aliphatic carbocycles. The summed E-state index contributed by atoms with van der Waals surface area (Å²) in [4.78, 5) is 24.3. The first kappa shape index (κ1) is 17.5. The third-order valence-electron chi connectivity index (χ3n) is 5.11. The Balaban J connectivity index is 1.60. The van der Waals surface area contributed by atoms with Gasteiger partial charge in [-0.05, 0) is 48.7 Å². The van der Waals surface area contributed by atoms with Crippen molar-refractivity contribution < 1.29 is 4.79 Å². The van der Waals surface area contributed by atoms with Gasteiger partial charge in [-0.25, -0.2) is 5.10 Å². The molecule has 5 nitrogen and oxygen atoms in total. The third kappa shape index (κ3) is 3.38. The van der Waals surface area contributed by atoms with Crippen LogP contribution < -0.4 is 10.9 Å². The second-order valence-corrected chi connectivity index (χ2v) is 7.22. The van der Waals surface area contributed by atoms with Crippen molar-refractivity contribution in [3.8, 4) is 11.3 Å². The number of H-pyrrole nitrogens is 1. The highest BCUT2D eigenvalue weighted by Gasteiger charge is 2.45. The molecule has 0 unspecified atom stereocenters. The molecule has 3 aromatic rings. The van der Waals surface area contributed by atoms with Gasteiger partial charge in [0, 0.05) is 22.3 Å². The van der Waals surface area contributed by atoms with Gasteiger partial charge in [0.15, 0.2) is 0 Å². The summed E-state index contributed by atoms with van der Waals surface area (Å²) in [5, 5.41) is 10.1. The predicted molar refractivity (Wildman–Crippen MR) is 106 cm³/mol. The van der Waals surface area contributed by atoms with Crippen molar-refractivity contribution in [1.82, 2.24) is 10.2 Å². The van der Waals surface area contributed by atoms with E-state index >= 15 is 0 Å². The van der Waals surface area contributed by atoms with E-state index in [-0.39, 0.29) is 11.5 Å². The summed E-state index contributed by atoms with van der Waals surface area (Å²) < 4.78 is 0. The lowest BCUT2D eigenvalue weighted by atomic mass is 9.64. The zero-order valence-corrected chi connectivity index (χ0v) is 15.3. The smallest absolute Gasteiger partial charge is 0.264 e. The van der Waals surface area contributed by atoms with E-state index in [9.17, 15) is 9.59 Å². The highest BCUT2D eigenvalue weighted by atomic mass is 35.5. The molecule has 27 heavy (non-hydrogen) atoms. The standard InChI is InChI=1S/C21H18ClN3O2/c22-16-6-2-5-15(13-16)21(10-3-11-21)20(27)23-17-7-1-4-14(12-17)18-8-9-19(26)25-24-18/h1-2,4-9,12-13H,3,10-11H2,(H,23,27)(H,25,26). The minimum Gasteiger partial charge on any atom is -0.325 e. The zero-order valence-electron chi connectivity index (χ0n) is 14.5. The highest BCUT2D eigenvalue weighted by molar-refractivity contribution is 6.30. The monoisotopic (exact) mass is 379 g/mol. The predicted octanol–water partition coefficient (Wildman–Crippen LogP) is 4.15. The molecule has 1 fully saturated rings. The minimum atomic E-state index is -0.531. The van der Waals surface area contributed by atoms with E-state index in [4.69, 9.17) is 11.6 Å². The van der Waals surface area contributed by atoms with Gasteiger partial charge in [-0.15, -0.1) is 0 Å². The van der Waals surface area contributed by atoms with E-state index in [0.717, 1.165) is 30.4 Å². The summed E-state index contributed by atoms with van der Waals surface area (Å²) >= 11 is 6.13. The number of halogens is 1. The molecule has 0 bridgehead atoms. The van der Waals surface area contributed by atoms with Gasteiger partial charge in [-0.1, -0.05) is 42.3 Å². The van der Waals surface area contributed by atoms with Crippen molar-refractivity contribution in [2.45, 2.75) is 24.7 Å². The lowest BCUT2D eigenvalue weighted by Crippen LogP contribution is -2.46. The third-order valence-corrected chi connectivity index (χ3v) is 5.35. The Morgan fingerprint density at radius 1 is 1.07 bits per heavy atom. The Bertz CT molecular complexity index is 1040. The van der Waals surface area contributed by atoms with Crippen LogP contribution in [0.1, 0.15) is 24.8 Å². The molecule has 1 amide bonds. The second-order valence-electron chi connectivity index (χ2n) is 6.79. The number of benzene rings is 2. The summed E-state index contributed by atoms with van der Waals surface area (Å²) in [7, 11) is 0. The van der Waals surface area contributed by atoms with Gasteiger partial charge in [0.05, 0.1) is 11.1 Å². The molecule has 0 radical (unpaired) electrons. The molecule has 136 valence electrons. The first-order valence-corrected chi connectivity index (χ1v) is 9.18. The largest absolute Gasteiger partial charge is 0.325 e. The first-order chi connectivity index (χ1) is 13.1. The van der Waals surface area contributed by atoms with Crippen LogP contribution in [0.4, 0.5) is 5.69 Å². The number of rotatable bonds is 4. The summed E-state index contributed by atoms with van der Waals surface area (Å²) in [6.07, 6.45) is 2.63. The van der Waals surface area contributed by atoms with Gasteiger partial charge < -0.3 is 5.32 Å². The van der Waals surface area contributed by atoms with Crippen LogP contribution in [-0.4, -0.2) is 16.1 Å². The molecule has 4 rings (SSSR count). The average molecular weight is 380 g/mol. The summed E-state index contributed by atoms with van der Waals surface area (Å²) in [5.74, 6) is -0.0254. The number of anilines is 1. The fraction of sp³-hybridized carbons (Fsp3) is 0.190. The van der Waals surface area contributed by atoms with Crippen molar-refractivity contribution in [2.24, 2.45) is 0 Å². The number of nitrogens with one attached hydrogen (secondary N) is 2. The normalized spacial score (nSPS) is 15.0. The molecule has 2 aromatic carbocycles. The van der Waals surface area contributed by atoms with E-state index in [1.54, 1.807) is 6.07 Å². The van der Waals surface area contributed by atoms with Crippen molar-refractivity contribution in [3.05, 3.63) is 81.6 Å². The van der Waals surface area contributed by atoms with Crippen LogP contribution in [0.2, 0.25) is 5.02 Å². The Morgan fingerprint density at radius 3 is 2.56 bits per heavy atom. The summed E-state index contributed by atoms with van der Waals surface area (Å²) in [6, 6.07) is 18.0. The van der Waals surface area contributed by atoms with E-state index in [0.29, 0.717) is 16.4 Å². The second kappa shape index (κ2) is 7.00. The molecule has 0 atom stereocenters. The van der Waals surface area contributed by atoms with E-state index in [1.807, 2.05) is 48.5 Å². The van der Waals surface area contributed by atoms with Crippen LogP contribution in [0.3, 0.4) is 0 Å². The maximum Gasteiger partial charge on any atom is 0.264 e. The highest BCUT2D eigenvalue weighted by Crippen LogP contribution is 2.45. The van der Waals surface area contributed by atoms with E-state index in [2.05, 4.69) is 15.5 Å². The Hall–Kier alpha value is -2.92. The fourth-order valence-corrected chi connectivity index (χ4v) is 3.67. The van der Waals surface area contributed by atoms with E-state index < -0.39 is 5.41 Å². The van der Waals surface area contributed by atoms with Crippen LogP contribution in [0, 0.1) is 0 Å². The number of aromatic amines is 1. The van der Waals surface area contributed by atoms with Gasteiger partial charge in [-0.2, -0.15) is 5.10 Å². The van der Waals surface area contributed by atoms with Crippen LogP contribution in [0.25, 0.3) is 11.3 Å². The lowest BCUT2D eigenvalue weighted by Gasteiger charge is -2.40. The SMILES string of the molecule is O=C(Nc1cccc(-c2ccc(=O)[nH]n2)c1)C1(c2cccc(Cl)c2)CCC1. The van der Waals surface area contributed by atoms with Crippen LogP contribution in [0.15, 0.2) is 65.5 Å². The number of carbonyl (C=O) groups is 1. The molecule has 1 saturated carbocycles. The van der Waals surface area contributed by atoms with Gasteiger partial charge in [0.2, 0.25) is 5.91 Å². The quantitative estimate of drug-likeness (QED) is 0.715. The Kier molecular flexibility index (Phi) is 4.54. The molecule has 6 heteroatoms. The molecule has 1 heterocycles. The number of nitrogens with zero attached hydrogens (tertiary/aromatic N) is 1. The fourth-order valence-electron chi connectivity index (χ4n) is 3.48. The molecule has 1 aromatic heterocycles. The number of hydrogen-bond donors (Lipinski definition) is 2. The van der Waals surface area contributed by atoms with Crippen molar-refractivity contribution in [3.63, 3.8) is 0 Å². The molecule has 0 aliphatic heterocycles. The summed E-state index contributed by atoms with van der Waals surface area (Å²) in [5.41, 5.74) is 2.32. The number of aromatic nitrogens is 2. The average Bonchev–Trinajstić information content (AvgIpc) is 2.62. The molecular weight excluding hydrogens is 362 g/mol. The maximum atomic E-state index is 13.1. The van der Waals surface area contributed by atoms with Crippen LogP contribution in [0.5, 0.6) is 0 Å². The van der Waals surface area contributed by atoms with Crippen molar-refractivity contribution in [2.75, 3.05) is 5.32 Å². The van der Waals surface area contributed by atoms with Gasteiger partial charge in [0.1, 0.15) is 0 Å². The minimum absolute atomic E-state index is 0.0254. The topological polar surface area (TPSA) is 74.8 Å². The summed E-state index contributed by atoms with van der Waals surface area (Å²) in [6.45, 7) is 0. The van der Waals surface area contributed by atoms with Crippen molar-refractivity contribution in [1.29, 1.82) is 0 Å². The molecule has 0 spiro atoms. The van der Waals surface area contributed by atoms with Crippen LogP contribution in [-0.2, 0) is 10.2 Å². The first-order valence-electron chi connectivity index (χ1n) is 8.80. The number of carbonyl (C=O) groups excluding carboxylic acids is 1. The molecule has 0 saturated heterocycles. The number of hydrogen-bond acceptors (Lipinski definition) is 3. The van der Waals surface area contributed by atoms with Gasteiger partial charge in [-0.3, -0.25) is 9.59 Å². The van der Waals surface area contributed by atoms with Crippen LogP contribution >= 0.6 is 11.6 Å². The van der Waals surface area contributed by atoms with Crippen molar-refractivity contribution >= 4 is 23.2 Å². The number of amides is 1. The molecular formula is C21H18ClN3O2. The Morgan fingerprint density at radius 2 is 1.89 bits per heavy atom. The van der Waals surface area contributed by atoms with Gasteiger partial charge in [0.25, 0.3) is 5.56 Å². The lowest BCUT2D eigenvalue weighted by molar-refractivity contribution is -0.124. The maximum absolute atomic E-state index is 13.1. The Labute approximate surface area is 161 Å². The molecule has 2 N–H and O–H groups in total. The zero-order chi connectivity index (χ0) is 18.9. The van der Waals surface area contributed by atoms with E-state index in [1.165, 1.54) is 6.07 Å².